The molecule has 0 unspecified atom stereocenters. The van der Waals surface area contributed by atoms with Crippen molar-refractivity contribution in [2.24, 2.45) is 5.16 Å². The molecular formula is C13H16N4O4. The third-order valence-electron chi connectivity index (χ3n) is 3.15. The molecule has 0 radical (unpaired) electrons. The number of nitrogens with two attached hydrogens (primary N) is 1. The van der Waals surface area contributed by atoms with Crippen molar-refractivity contribution in [1.29, 1.82) is 0 Å². The third-order valence-corrected chi connectivity index (χ3v) is 3.15. The van der Waals surface area contributed by atoms with Crippen molar-refractivity contribution in [2.75, 3.05) is 24.7 Å². The fourth-order valence-corrected chi connectivity index (χ4v) is 2.16. The van der Waals surface area contributed by atoms with E-state index < -0.39 is 18.0 Å². The second-order valence-corrected chi connectivity index (χ2v) is 4.55. The van der Waals surface area contributed by atoms with Crippen molar-refractivity contribution in [2.45, 2.75) is 12.5 Å². The zero-order chi connectivity index (χ0) is 15.4. The maximum Gasteiger partial charge on any atom is 0.408 e. The maximum absolute atomic E-state index is 12.3. The summed E-state index contributed by atoms with van der Waals surface area (Å²) in [5.74, 6) is -0.448. The summed E-state index contributed by atoms with van der Waals surface area (Å²) < 4.78 is 0. The van der Waals surface area contributed by atoms with Gasteiger partial charge in [-0.15, -0.1) is 0 Å². The van der Waals surface area contributed by atoms with Gasteiger partial charge in [0.05, 0.1) is 23.6 Å². The Morgan fingerprint density at radius 2 is 2.19 bits per heavy atom. The molecule has 1 aromatic carbocycles. The van der Waals surface area contributed by atoms with Gasteiger partial charge >= 0.3 is 6.09 Å². The minimum atomic E-state index is -1.18. The van der Waals surface area contributed by atoms with Crippen molar-refractivity contribution < 1.29 is 19.5 Å². The second-order valence-electron chi connectivity index (χ2n) is 4.55. The van der Waals surface area contributed by atoms with E-state index in [1.165, 1.54) is 7.11 Å². The summed E-state index contributed by atoms with van der Waals surface area (Å²) >= 11 is 0. The molecule has 21 heavy (non-hydrogen) atoms. The van der Waals surface area contributed by atoms with Crippen LogP contribution in [0, 0.1) is 0 Å². The van der Waals surface area contributed by atoms with Crippen LogP contribution in [-0.4, -0.2) is 47.4 Å². The highest BCUT2D eigenvalue weighted by atomic mass is 16.6. The molecule has 0 spiro atoms. The highest BCUT2D eigenvalue weighted by Crippen LogP contribution is 2.21. The number of hydrogen-bond acceptors (Lipinski definition) is 5. The summed E-state index contributed by atoms with van der Waals surface area (Å²) in [7, 11) is 1.37. The Labute approximate surface area is 121 Å². The van der Waals surface area contributed by atoms with Crippen molar-refractivity contribution in [3.05, 3.63) is 24.3 Å². The minimum Gasteiger partial charge on any atom is -0.465 e. The third kappa shape index (κ3) is 3.22. The van der Waals surface area contributed by atoms with Crippen LogP contribution in [0.4, 0.5) is 16.2 Å². The summed E-state index contributed by atoms with van der Waals surface area (Å²) in [5.41, 5.74) is 7.11. The van der Waals surface area contributed by atoms with Crippen molar-refractivity contribution in [3.8, 4) is 0 Å². The average Bonchev–Trinajstić information content (AvgIpc) is 2.86. The number of oxime groups is 1. The van der Waals surface area contributed by atoms with Crippen LogP contribution in [-0.2, 0) is 9.63 Å². The number of carbonyl (C=O) groups excluding carboxylic acids is 1. The van der Waals surface area contributed by atoms with Crippen LogP contribution in [0.5, 0.6) is 0 Å². The molecule has 4 N–H and O–H groups in total. The van der Waals surface area contributed by atoms with Crippen LogP contribution >= 0.6 is 0 Å². The van der Waals surface area contributed by atoms with E-state index in [0.29, 0.717) is 17.1 Å². The van der Waals surface area contributed by atoms with Gasteiger partial charge < -0.3 is 21.0 Å². The predicted octanol–water partition coefficient (Wildman–Crippen LogP) is 0.962. The van der Waals surface area contributed by atoms with Crippen LogP contribution in [0.2, 0.25) is 0 Å². The molecule has 1 saturated heterocycles. The van der Waals surface area contributed by atoms with E-state index in [4.69, 9.17) is 10.8 Å². The quantitative estimate of drug-likeness (QED) is 0.566. The number of benzene rings is 1. The molecule has 0 aromatic heterocycles. The van der Waals surface area contributed by atoms with Gasteiger partial charge in [0, 0.05) is 6.42 Å². The zero-order valence-corrected chi connectivity index (χ0v) is 11.4. The van der Waals surface area contributed by atoms with Crippen LogP contribution in [0.25, 0.3) is 0 Å². The van der Waals surface area contributed by atoms with Crippen molar-refractivity contribution >= 4 is 29.1 Å². The van der Waals surface area contributed by atoms with Gasteiger partial charge in [0.15, 0.2) is 0 Å². The maximum atomic E-state index is 12.3. The number of nitrogen functional groups attached to an aromatic ring is 1. The zero-order valence-electron chi connectivity index (χ0n) is 11.4. The average molecular weight is 292 g/mol. The number of carbonyl (C=O) groups is 2. The molecule has 0 saturated carbocycles. The Kier molecular flexibility index (Phi) is 4.27. The minimum absolute atomic E-state index is 0.0472. The normalized spacial score (nSPS) is 19.6. The molecule has 112 valence electrons. The van der Waals surface area contributed by atoms with E-state index in [0.717, 1.165) is 4.90 Å². The van der Waals surface area contributed by atoms with Gasteiger partial charge in [-0.25, -0.2) is 4.79 Å². The topological polar surface area (TPSA) is 117 Å². The van der Waals surface area contributed by atoms with Gasteiger partial charge in [-0.1, -0.05) is 17.3 Å². The number of nitrogens with zero attached hydrogens (tertiary/aromatic N) is 2. The summed E-state index contributed by atoms with van der Waals surface area (Å²) in [5, 5.41) is 15.5. The standard InChI is InChI=1S/C13H16N4O4/c1-21-16-8-6-11(17(7-8)13(19)20)12(18)15-10-5-3-2-4-9(10)14/h2-5,11H,6-7,14H2,1H3,(H,15,18)(H,19,20)/t11-/m0/s1. The Balaban J connectivity index is 2.15. The molecular weight excluding hydrogens is 276 g/mol. The first-order valence-corrected chi connectivity index (χ1v) is 6.26. The number of carboxylic acid groups (broad SMARTS) is 1. The van der Waals surface area contributed by atoms with Gasteiger partial charge in [-0.3, -0.25) is 9.69 Å². The lowest BCUT2D eigenvalue weighted by Crippen LogP contribution is -2.42. The molecule has 8 nitrogen and oxygen atoms in total. The molecule has 1 heterocycles. The second kappa shape index (κ2) is 6.12. The summed E-state index contributed by atoms with van der Waals surface area (Å²) in [6, 6.07) is 5.92. The Bertz CT molecular complexity index is 587. The number of rotatable bonds is 3. The molecule has 1 fully saturated rings. The van der Waals surface area contributed by atoms with Crippen LogP contribution in [0.1, 0.15) is 6.42 Å². The molecule has 1 aliphatic rings. The molecule has 2 rings (SSSR count). The summed E-state index contributed by atoms with van der Waals surface area (Å²) in [6.07, 6.45) is -0.990. The van der Waals surface area contributed by atoms with Gasteiger partial charge in [0.2, 0.25) is 5.91 Å². The first kappa shape index (κ1) is 14.6. The smallest absolute Gasteiger partial charge is 0.408 e. The highest BCUT2D eigenvalue weighted by molar-refractivity contribution is 6.05. The molecule has 1 atom stereocenters. The van der Waals surface area contributed by atoms with Gasteiger partial charge in [-0.2, -0.15) is 0 Å². The summed E-state index contributed by atoms with van der Waals surface area (Å²) in [4.78, 5) is 29.1. The fourth-order valence-electron chi connectivity index (χ4n) is 2.16. The van der Waals surface area contributed by atoms with Gasteiger partial charge in [0.1, 0.15) is 13.2 Å². The number of likely N-dealkylation sites (tertiary alicyclic amines) is 1. The Hall–Kier alpha value is -2.77. The van der Waals surface area contributed by atoms with E-state index >= 15 is 0 Å². The van der Waals surface area contributed by atoms with Crippen molar-refractivity contribution in [1.82, 2.24) is 4.90 Å². The lowest BCUT2D eigenvalue weighted by Gasteiger charge is -2.20. The number of anilines is 2. The fraction of sp³-hybridized carbons (Fsp3) is 0.308. The molecule has 2 amide bonds. The molecule has 0 aliphatic carbocycles. The van der Waals surface area contributed by atoms with Crippen LogP contribution < -0.4 is 11.1 Å². The monoisotopic (exact) mass is 292 g/mol. The van der Waals surface area contributed by atoms with E-state index in [-0.39, 0.29) is 13.0 Å². The van der Waals surface area contributed by atoms with E-state index in [9.17, 15) is 9.59 Å². The van der Waals surface area contributed by atoms with E-state index in [1.54, 1.807) is 24.3 Å². The summed E-state index contributed by atoms with van der Waals surface area (Å²) in [6.45, 7) is 0.0472. The first-order chi connectivity index (χ1) is 10.0. The van der Waals surface area contributed by atoms with E-state index in [2.05, 4.69) is 15.3 Å². The predicted molar refractivity (Wildman–Crippen MR) is 77.1 cm³/mol. The Morgan fingerprint density at radius 3 is 2.81 bits per heavy atom. The lowest BCUT2D eigenvalue weighted by atomic mass is 10.2. The van der Waals surface area contributed by atoms with Crippen LogP contribution in [0.3, 0.4) is 0 Å². The number of hydrogen-bond donors (Lipinski definition) is 3. The molecule has 0 bridgehead atoms. The molecule has 1 aliphatic heterocycles. The number of para-hydroxylation sites is 2. The number of amides is 2. The first-order valence-electron chi connectivity index (χ1n) is 6.26. The van der Waals surface area contributed by atoms with Gasteiger partial charge in [0.25, 0.3) is 0 Å². The SMILES string of the molecule is CON=C1C[C@@H](C(=O)Nc2ccccc2N)N(C(=O)O)C1. The molecule has 1 aromatic rings. The van der Waals surface area contributed by atoms with Gasteiger partial charge in [-0.05, 0) is 12.1 Å². The van der Waals surface area contributed by atoms with Crippen molar-refractivity contribution in [3.63, 3.8) is 0 Å². The highest BCUT2D eigenvalue weighted by Gasteiger charge is 2.38. The van der Waals surface area contributed by atoms with E-state index in [1.807, 2.05) is 0 Å². The Morgan fingerprint density at radius 1 is 1.48 bits per heavy atom. The largest absolute Gasteiger partial charge is 0.465 e. The number of nitrogens with one attached hydrogen (secondary N) is 1. The van der Waals surface area contributed by atoms with Crippen LogP contribution in [0.15, 0.2) is 29.4 Å². The molecule has 8 heteroatoms. The lowest BCUT2D eigenvalue weighted by molar-refractivity contribution is -0.119.